The lowest BCUT2D eigenvalue weighted by atomic mass is 9.96. The van der Waals surface area contributed by atoms with E-state index < -0.39 is 105 Å². The van der Waals surface area contributed by atoms with Gasteiger partial charge in [0.1, 0.15) is 67.1 Å². The lowest BCUT2D eigenvalue weighted by Gasteiger charge is -2.47. The van der Waals surface area contributed by atoms with E-state index in [0.29, 0.717) is 0 Å². The number of ether oxygens (including phenoxy) is 5. The summed E-state index contributed by atoms with van der Waals surface area (Å²) in [5.74, 6) is 0. The molecule has 0 aromatic heterocycles. The molecule has 0 amide bonds. The van der Waals surface area contributed by atoms with Crippen LogP contribution in [0.5, 0.6) is 0 Å². The molecule has 0 aliphatic carbocycles. The van der Waals surface area contributed by atoms with Gasteiger partial charge in [-0.3, -0.25) is 0 Å². The minimum atomic E-state index is -1.86. The summed E-state index contributed by atoms with van der Waals surface area (Å²) in [6.07, 6.45) is -23.9. The van der Waals surface area contributed by atoms with Crippen LogP contribution in [0.2, 0.25) is 0 Å². The molecule has 3 saturated heterocycles. The highest BCUT2D eigenvalue weighted by Gasteiger charge is 2.53. The van der Waals surface area contributed by atoms with Gasteiger partial charge in [0.15, 0.2) is 18.9 Å². The molecular formula is C18H32O15. The third kappa shape index (κ3) is 5.32. The van der Waals surface area contributed by atoms with Crippen LogP contribution in [0, 0.1) is 0 Å². The van der Waals surface area contributed by atoms with Crippen LogP contribution >= 0.6 is 0 Å². The highest BCUT2D eigenvalue weighted by molar-refractivity contribution is 4.95. The van der Waals surface area contributed by atoms with Crippen LogP contribution in [0.3, 0.4) is 0 Å². The quantitative estimate of drug-likeness (QED) is 0.167. The van der Waals surface area contributed by atoms with E-state index in [1.165, 1.54) is 6.92 Å². The molecule has 0 unspecified atom stereocenters. The number of rotatable bonds is 6. The van der Waals surface area contributed by atoms with Gasteiger partial charge < -0.3 is 74.7 Å². The molecule has 0 aromatic rings. The zero-order valence-corrected chi connectivity index (χ0v) is 17.6. The highest BCUT2D eigenvalue weighted by Crippen LogP contribution is 2.32. The Morgan fingerprint density at radius 1 is 0.545 bits per heavy atom. The first kappa shape index (κ1) is 27.0. The zero-order valence-electron chi connectivity index (χ0n) is 17.6. The first-order valence-electron chi connectivity index (χ1n) is 10.4. The molecule has 33 heavy (non-hydrogen) atoms. The van der Waals surface area contributed by atoms with Crippen molar-refractivity contribution in [1.29, 1.82) is 0 Å². The predicted octanol–water partition coefficient (Wildman–Crippen LogP) is -6.55. The van der Waals surface area contributed by atoms with Gasteiger partial charge in [0.2, 0.25) is 0 Å². The molecule has 0 saturated carbocycles. The van der Waals surface area contributed by atoms with Gasteiger partial charge in [-0.25, -0.2) is 0 Å². The van der Waals surface area contributed by atoms with Crippen molar-refractivity contribution >= 4 is 0 Å². The van der Waals surface area contributed by atoms with Gasteiger partial charge in [-0.2, -0.15) is 0 Å². The van der Waals surface area contributed by atoms with Crippen molar-refractivity contribution in [3.05, 3.63) is 0 Å². The Hall–Kier alpha value is -0.600. The van der Waals surface area contributed by atoms with E-state index in [1.54, 1.807) is 0 Å². The van der Waals surface area contributed by atoms with Crippen LogP contribution in [0.1, 0.15) is 6.92 Å². The summed E-state index contributed by atoms with van der Waals surface area (Å²) in [4.78, 5) is 0. The van der Waals surface area contributed by atoms with Crippen molar-refractivity contribution in [3.63, 3.8) is 0 Å². The fraction of sp³-hybridized carbons (Fsp3) is 1.00. The average molecular weight is 488 g/mol. The Bertz CT molecular complexity index is 624. The van der Waals surface area contributed by atoms with E-state index in [4.69, 9.17) is 23.7 Å². The summed E-state index contributed by atoms with van der Waals surface area (Å²) in [5, 5.41) is 99.8. The van der Waals surface area contributed by atoms with Crippen molar-refractivity contribution in [2.45, 2.75) is 99.0 Å². The van der Waals surface area contributed by atoms with Gasteiger partial charge in [-0.1, -0.05) is 0 Å². The van der Waals surface area contributed by atoms with Gasteiger partial charge in [0, 0.05) is 0 Å². The van der Waals surface area contributed by atoms with Gasteiger partial charge in [0.25, 0.3) is 0 Å². The molecule has 0 bridgehead atoms. The van der Waals surface area contributed by atoms with Crippen molar-refractivity contribution in [2.75, 3.05) is 13.2 Å². The van der Waals surface area contributed by atoms with E-state index in [0.717, 1.165) is 0 Å². The minimum Gasteiger partial charge on any atom is -0.394 e. The molecule has 0 spiro atoms. The SMILES string of the molecule is C[C@@H]1O[C@@H](O[C@@H]2[C@@H](O)[C@H](O[C@@H]3O[C@H](CO)[C@@H](O)[C@H](O)[C@H]3O)[C@@H](CO)O[C@H]2O)[C@H](O)[C@H](O)[C@H]1O. The third-order valence-corrected chi connectivity index (χ3v) is 6.05. The summed E-state index contributed by atoms with van der Waals surface area (Å²) in [7, 11) is 0. The van der Waals surface area contributed by atoms with Crippen molar-refractivity contribution < 1.29 is 74.7 Å². The molecule has 15 nitrogen and oxygen atoms in total. The average Bonchev–Trinajstić information content (AvgIpc) is 2.79. The van der Waals surface area contributed by atoms with Crippen LogP contribution in [0.4, 0.5) is 0 Å². The number of aliphatic hydroxyl groups is 10. The minimum absolute atomic E-state index is 0.730. The molecule has 3 fully saturated rings. The third-order valence-electron chi connectivity index (χ3n) is 6.05. The summed E-state index contributed by atoms with van der Waals surface area (Å²) >= 11 is 0. The lowest BCUT2D eigenvalue weighted by molar-refractivity contribution is -0.381. The van der Waals surface area contributed by atoms with E-state index in [-0.39, 0.29) is 0 Å². The summed E-state index contributed by atoms with van der Waals surface area (Å²) < 4.78 is 26.6. The van der Waals surface area contributed by atoms with Gasteiger partial charge in [-0.05, 0) is 6.92 Å². The van der Waals surface area contributed by atoms with Crippen LogP contribution in [0.25, 0.3) is 0 Å². The normalized spacial score (nSPS) is 53.7. The summed E-state index contributed by atoms with van der Waals surface area (Å²) in [6.45, 7) is -0.105. The zero-order chi connectivity index (χ0) is 24.6. The molecule has 0 radical (unpaired) electrons. The van der Waals surface area contributed by atoms with E-state index >= 15 is 0 Å². The van der Waals surface area contributed by atoms with Crippen molar-refractivity contribution in [1.82, 2.24) is 0 Å². The monoisotopic (exact) mass is 488 g/mol. The van der Waals surface area contributed by atoms with Crippen molar-refractivity contribution in [2.24, 2.45) is 0 Å². The Kier molecular flexibility index (Phi) is 8.99. The highest BCUT2D eigenvalue weighted by atomic mass is 16.8. The Labute approximate surface area is 187 Å². The maximum absolute atomic E-state index is 10.8. The Morgan fingerprint density at radius 2 is 1.06 bits per heavy atom. The van der Waals surface area contributed by atoms with Crippen LogP contribution in [-0.2, 0) is 23.7 Å². The predicted molar refractivity (Wildman–Crippen MR) is 99.8 cm³/mol. The van der Waals surface area contributed by atoms with E-state index in [2.05, 4.69) is 0 Å². The fourth-order valence-electron chi connectivity index (χ4n) is 3.99. The summed E-state index contributed by atoms with van der Waals surface area (Å²) in [6, 6.07) is 0. The Balaban J connectivity index is 1.75. The number of hydrogen-bond acceptors (Lipinski definition) is 15. The van der Waals surface area contributed by atoms with Crippen LogP contribution in [0.15, 0.2) is 0 Å². The molecular weight excluding hydrogens is 456 g/mol. The second-order valence-electron chi connectivity index (χ2n) is 8.32. The second-order valence-corrected chi connectivity index (χ2v) is 8.32. The van der Waals surface area contributed by atoms with E-state index in [1.807, 2.05) is 0 Å². The van der Waals surface area contributed by atoms with Crippen molar-refractivity contribution in [3.8, 4) is 0 Å². The van der Waals surface area contributed by atoms with Crippen LogP contribution in [-0.4, -0.2) is 156 Å². The standard InChI is InChI=1S/C18H32O15/c1-4-7(21)9(23)11(25)17(29-4)33-15-13(27)14(6(3-20)30-16(15)28)32-18-12(26)10(24)8(22)5(2-19)31-18/h4-28H,2-3H2,1H3/t4-,5+,6+,7-,8+,9+,10-,11+,12+,13-,14+,15+,16+,17-,18-/m0/s1. The molecule has 3 rings (SSSR count). The maximum atomic E-state index is 10.8. The summed E-state index contributed by atoms with van der Waals surface area (Å²) in [5.41, 5.74) is 0. The fourth-order valence-corrected chi connectivity index (χ4v) is 3.99. The molecule has 10 N–H and O–H groups in total. The molecule has 15 atom stereocenters. The van der Waals surface area contributed by atoms with Gasteiger partial charge in [0.05, 0.1) is 19.3 Å². The van der Waals surface area contributed by atoms with E-state index in [9.17, 15) is 51.1 Å². The Morgan fingerprint density at radius 3 is 1.64 bits per heavy atom. The number of hydrogen-bond donors (Lipinski definition) is 10. The van der Waals surface area contributed by atoms with Gasteiger partial charge in [-0.15, -0.1) is 0 Å². The molecule has 3 heterocycles. The lowest BCUT2D eigenvalue weighted by Crippen LogP contribution is -2.66. The molecule has 15 heteroatoms. The second kappa shape index (κ2) is 11.0. The smallest absolute Gasteiger partial charge is 0.187 e. The van der Waals surface area contributed by atoms with Gasteiger partial charge >= 0.3 is 0 Å². The first-order chi connectivity index (χ1) is 15.5. The molecule has 0 aromatic carbocycles. The largest absolute Gasteiger partial charge is 0.394 e. The first-order valence-corrected chi connectivity index (χ1v) is 10.4. The molecule has 194 valence electrons. The molecule has 3 aliphatic rings. The van der Waals surface area contributed by atoms with Crippen LogP contribution < -0.4 is 0 Å². The topological polar surface area (TPSA) is 248 Å². The molecule has 3 aliphatic heterocycles. The maximum Gasteiger partial charge on any atom is 0.187 e. The number of aliphatic hydroxyl groups excluding tert-OH is 10.